The summed E-state index contributed by atoms with van der Waals surface area (Å²) in [6.07, 6.45) is 4.12. The Morgan fingerprint density at radius 2 is 1.90 bits per heavy atom. The monoisotopic (exact) mass is 296 g/mol. The van der Waals surface area contributed by atoms with E-state index in [1.165, 1.54) is 6.26 Å². The first-order valence-corrected chi connectivity index (χ1v) is 8.89. The standard InChI is InChI=1S/C15H20O4S/c1-20(18,19)9-8-11-2-4-12(5-3-11)14(10-15(16)17)13-6-7-13/h2-5,13-14H,6-10H2,1H3,(H,16,17). The van der Waals surface area contributed by atoms with E-state index in [-0.39, 0.29) is 18.1 Å². The summed E-state index contributed by atoms with van der Waals surface area (Å²) in [6, 6.07) is 7.72. The summed E-state index contributed by atoms with van der Waals surface area (Å²) in [4.78, 5) is 10.9. The van der Waals surface area contributed by atoms with E-state index in [0.29, 0.717) is 12.3 Å². The maximum atomic E-state index is 11.1. The molecule has 1 aromatic rings. The van der Waals surface area contributed by atoms with Gasteiger partial charge in [0.1, 0.15) is 9.84 Å². The van der Waals surface area contributed by atoms with E-state index in [1.54, 1.807) is 0 Å². The molecule has 110 valence electrons. The minimum atomic E-state index is -2.95. The van der Waals surface area contributed by atoms with Crippen molar-refractivity contribution in [2.45, 2.75) is 31.6 Å². The molecule has 1 fully saturated rings. The summed E-state index contributed by atoms with van der Waals surface area (Å²) in [5.74, 6) is -0.0273. The Morgan fingerprint density at radius 3 is 2.35 bits per heavy atom. The smallest absolute Gasteiger partial charge is 0.303 e. The van der Waals surface area contributed by atoms with E-state index >= 15 is 0 Å². The van der Waals surface area contributed by atoms with Crippen LogP contribution in [-0.2, 0) is 21.1 Å². The molecular formula is C15H20O4S. The van der Waals surface area contributed by atoms with Crippen molar-refractivity contribution < 1.29 is 18.3 Å². The number of carboxylic acid groups (broad SMARTS) is 1. The van der Waals surface area contributed by atoms with E-state index in [2.05, 4.69) is 0 Å². The lowest BCUT2D eigenvalue weighted by molar-refractivity contribution is -0.137. The third-order valence-corrected chi connectivity index (χ3v) is 4.70. The lowest BCUT2D eigenvalue weighted by Gasteiger charge is -2.14. The number of carboxylic acids is 1. The number of aryl methyl sites for hydroxylation is 1. The predicted molar refractivity (Wildman–Crippen MR) is 77.6 cm³/mol. The highest BCUT2D eigenvalue weighted by Gasteiger charge is 2.33. The van der Waals surface area contributed by atoms with E-state index < -0.39 is 15.8 Å². The van der Waals surface area contributed by atoms with Crippen molar-refractivity contribution in [1.82, 2.24) is 0 Å². The highest BCUT2D eigenvalue weighted by atomic mass is 32.2. The minimum absolute atomic E-state index is 0.0939. The normalized spacial score (nSPS) is 16.9. The molecule has 1 atom stereocenters. The van der Waals surface area contributed by atoms with Crippen molar-refractivity contribution in [2.75, 3.05) is 12.0 Å². The van der Waals surface area contributed by atoms with Crippen molar-refractivity contribution in [2.24, 2.45) is 5.92 Å². The van der Waals surface area contributed by atoms with Gasteiger partial charge in [-0.1, -0.05) is 24.3 Å². The molecule has 0 bridgehead atoms. The van der Waals surface area contributed by atoms with Crippen LogP contribution in [0.5, 0.6) is 0 Å². The molecule has 0 amide bonds. The van der Waals surface area contributed by atoms with Crippen LogP contribution in [0.2, 0.25) is 0 Å². The Labute approximate surface area is 119 Å². The highest BCUT2D eigenvalue weighted by Crippen LogP contribution is 2.44. The zero-order valence-corrected chi connectivity index (χ0v) is 12.4. The number of carbonyl (C=O) groups is 1. The second-order valence-electron chi connectivity index (χ2n) is 5.66. The molecule has 1 N–H and O–H groups in total. The van der Waals surface area contributed by atoms with Crippen molar-refractivity contribution >= 4 is 15.8 Å². The number of sulfone groups is 1. The molecule has 0 saturated heterocycles. The first-order chi connectivity index (χ1) is 9.35. The molecular weight excluding hydrogens is 276 g/mol. The molecule has 1 saturated carbocycles. The summed E-state index contributed by atoms with van der Waals surface area (Å²) >= 11 is 0. The molecule has 20 heavy (non-hydrogen) atoms. The van der Waals surface area contributed by atoms with Crippen molar-refractivity contribution in [3.63, 3.8) is 0 Å². The number of hydrogen-bond donors (Lipinski definition) is 1. The molecule has 5 heteroatoms. The van der Waals surface area contributed by atoms with Crippen LogP contribution in [0.25, 0.3) is 0 Å². The zero-order valence-electron chi connectivity index (χ0n) is 11.6. The average molecular weight is 296 g/mol. The van der Waals surface area contributed by atoms with Crippen LogP contribution in [0.3, 0.4) is 0 Å². The topological polar surface area (TPSA) is 71.4 Å². The fourth-order valence-electron chi connectivity index (χ4n) is 2.48. The number of benzene rings is 1. The third kappa shape index (κ3) is 4.63. The minimum Gasteiger partial charge on any atom is -0.481 e. The van der Waals surface area contributed by atoms with E-state index in [1.807, 2.05) is 24.3 Å². The van der Waals surface area contributed by atoms with Crippen molar-refractivity contribution in [3.05, 3.63) is 35.4 Å². The molecule has 1 aliphatic rings. The average Bonchev–Trinajstić information content (AvgIpc) is 3.17. The molecule has 0 aliphatic heterocycles. The van der Waals surface area contributed by atoms with Gasteiger partial charge in [-0.25, -0.2) is 8.42 Å². The van der Waals surface area contributed by atoms with Crippen LogP contribution >= 0.6 is 0 Å². The predicted octanol–water partition coefficient (Wildman–Crippen LogP) is 2.24. The fourth-order valence-corrected chi connectivity index (χ4v) is 3.08. The van der Waals surface area contributed by atoms with Gasteiger partial charge in [0.2, 0.25) is 0 Å². The van der Waals surface area contributed by atoms with Crippen LogP contribution < -0.4 is 0 Å². The fraction of sp³-hybridized carbons (Fsp3) is 0.533. The Kier molecular flexibility index (Phi) is 4.48. The van der Waals surface area contributed by atoms with Crippen molar-refractivity contribution in [1.29, 1.82) is 0 Å². The molecule has 0 spiro atoms. The van der Waals surface area contributed by atoms with E-state index in [4.69, 9.17) is 5.11 Å². The summed E-state index contributed by atoms with van der Waals surface area (Å²) in [7, 11) is -2.95. The summed E-state index contributed by atoms with van der Waals surface area (Å²) in [5.41, 5.74) is 2.03. The number of hydrogen-bond acceptors (Lipinski definition) is 3. The van der Waals surface area contributed by atoms with Crippen LogP contribution in [0.4, 0.5) is 0 Å². The largest absolute Gasteiger partial charge is 0.481 e. The Bertz CT molecular complexity index is 570. The lowest BCUT2D eigenvalue weighted by atomic mass is 9.90. The van der Waals surface area contributed by atoms with Gasteiger partial charge < -0.3 is 5.11 Å². The third-order valence-electron chi connectivity index (χ3n) is 3.75. The SMILES string of the molecule is CS(=O)(=O)CCc1ccc(C(CC(=O)O)C2CC2)cc1. The summed E-state index contributed by atoms with van der Waals surface area (Å²) in [6.45, 7) is 0. The molecule has 0 radical (unpaired) electrons. The van der Waals surface area contributed by atoms with Gasteiger partial charge in [0, 0.05) is 6.26 Å². The summed E-state index contributed by atoms with van der Waals surface area (Å²) in [5, 5.41) is 8.98. The number of aliphatic carboxylic acids is 1. The molecule has 0 heterocycles. The highest BCUT2D eigenvalue weighted by molar-refractivity contribution is 7.90. The van der Waals surface area contributed by atoms with Gasteiger partial charge in [-0.3, -0.25) is 4.79 Å². The van der Waals surface area contributed by atoms with Crippen LogP contribution in [0, 0.1) is 5.92 Å². The van der Waals surface area contributed by atoms with Gasteiger partial charge in [0.25, 0.3) is 0 Å². The van der Waals surface area contributed by atoms with Crippen LogP contribution in [0.1, 0.15) is 36.3 Å². The number of rotatable bonds is 7. The Balaban J connectivity index is 2.04. The quantitative estimate of drug-likeness (QED) is 0.837. The second kappa shape index (κ2) is 5.95. The maximum absolute atomic E-state index is 11.1. The first kappa shape index (κ1) is 15.0. The van der Waals surface area contributed by atoms with Crippen LogP contribution in [-0.4, -0.2) is 31.5 Å². The maximum Gasteiger partial charge on any atom is 0.303 e. The Morgan fingerprint density at radius 1 is 1.30 bits per heavy atom. The zero-order chi connectivity index (χ0) is 14.8. The van der Waals surface area contributed by atoms with E-state index in [0.717, 1.165) is 24.0 Å². The lowest BCUT2D eigenvalue weighted by Crippen LogP contribution is -2.09. The van der Waals surface area contributed by atoms with Gasteiger partial charge in [0.15, 0.2) is 0 Å². The molecule has 1 aromatic carbocycles. The van der Waals surface area contributed by atoms with Gasteiger partial charge in [-0.2, -0.15) is 0 Å². The molecule has 2 rings (SSSR count). The van der Waals surface area contributed by atoms with Gasteiger partial charge in [-0.05, 0) is 42.2 Å². The second-order valence-corrected chi connectivity index (χ2v) is 7.92. The molecule has 1 aliphatic carbocycles. The summed E-state index contributed by atoms with van der Waals surface area (Å²) < 4.78 is 22.3. The molecule has 1 unspecified atom stereocenters. The van der Waals surface area contributed by atoms with Gasteiger partial charge in [-0.15, -0.1) is 0 Å². The molecule has 4 nitrogen and oxygen atoms in total. The van der Waals surface area contributed by atoms with Gasteiger partial charge in [0.05, 0.1) is 12.2 Å². The van der Waals surface area contributed by atoms with E-state index in [9.17, 15) is 13.2 Å². The first-order valence-electron chi connectivity index (χ1n) is 6.83. The molecule has 0 aromatic heterocycles. The Hall–Kier alpha value is -1.36. The van der Waals surface area contributed by atoms with Crippen LogP contribution in [0.15, 0.2) is 24.3 Å². The van der Waals surface area contributed by atoms with Crippen molar-refractivity contribution in [3.8, 4) is 0 Å². The van der Waals surface area contributed by atoms with Gasteiger partial charge >= 0.3 is 5.97 Å².